The Labute approximate surface area is 131 Å². The Morgan fingerprint density at radius 1 is 1.05 bits per heavy atom. The summed E-state index contributed by atoms with van der Waals surface area (Å²) in [6.07, 6.45) is 5.50. The molecule has 0 bridgehead atoms. The van der Waals surface area contributed by atoms with Gasteiger partial charge < -0.3 is 16.2 Å². The molecule has 0 radical (unpaired) electrons. The number of rotatable bonds is 11. The first kappa shape index (κ1) is 20.2. The van der Waals surface area contributed by atoms with Crippen LogP contribution in [0.3, 0.4) is 0 Å². The molecule has 0 spiro atoms. The highest BCUT2D eigenvalue weighted by Crippen LogP contribution is 2.15. The van der Waals surface area contributed by atoms with Gasteiger partial charge in [-0.3, -0.25) is 4.99 Å². The summed E-state index contributed by atoms with van der Waals surface area (Å²) in [6.45, 7) is 12.0. The number of hydrogen-bond acceptors (Lipinski definition) is 2. The second kappa shape index (κ2) is 11.8. The highest BCUT2D eigenvalue weighted by atomic mass is 16.3. The number of nitrogens with one attached hydrogen (secondary N) is 1. The molecule has 0 fully saturated rings. The smallest absolute Gasteiger partial charge is 0.188 e. The molecule has 0 aliphatic heterocycles. The minimum Gasteiger partial charge on any atom is -0.396 e. The maximum absolute atomic E-state index is 9.11. The average molecular weight is 300 g/mol. The lowest BCUT2D eigenvalue weighted by atomic mass is 9.94. The molecule has 0 amide bonds. The van der Waals surface area contributed by atoms with Crippen LogP contribution in [0.1, 0.15) is 66.7 Å². The zero-order valence-corrected chi connectivity index (χ0v) is 14.7. The van der Waals surface area contributed by atoms with E-state index in [-0.39, 0.29) is 6.61 Å². The average Bonchev–Trinajstić information content (AvgIpc) is 2.35. The molecule has 2 unspecified atom stereocenters. The number of guanidine groups is 1. The van der Waals surface area contributed by atoms with E-state index in [9.17, 15) is 0 Å². The topological polar surface area (TPSA) is 70.6 Å². The molecule has 0 heterocycles. The quantitative estimate of drug-likeness (QED) is 0.405. The predicted molar refractivity (Wildman–Crippen MR) is 92.4 cm³/mol. The van der Waals surface area contributed by atoms with Crippen LogP contribution in [0.25, 0.3) is 0 Å². The Morgan fingerprint density at radius 3 is 2.24 bits per heavy atom. The molecule has 0 aromatic rings. The van der Waals surface area contributed by atoms with Crippen molar-refractivity contribution in [1.29, 1.82) is 0 Å². The van der Waals surface area contributed by atoms with Gasteiger partial charge in [0, 0.05) is 19.2 Å². The van der Waals surface area contributed by atoms with E-state index < -0.39 is 0 Å². The van der Waals surface area contributed by atoms with Crippen molar-refractivity contribution in [2.75, 3.05) is 13.2 Å². The molecule has 126 valence electrons. The Hall–Kier alpha value is -0.770. The van der Waals surface area contributed by atoms with E-state index in [4.69, 9.17) is 10.8 Å². The molecule has 4 nitrogen and oxygen atoms in total. The van der Waals surface area contributed by atoms with Crippen molar-refractivity contribution in [1.82, 2.24) is 5.32 Å². The third-order valence-corrected chi connectivity index (χ3v) is 3.67. The number of hydrogen-bond donors (Lipinski definition) is 3. The third kappa shape index (κ3) is 12.7. The van der Waals surface area contributed by atoms with Crippen LogP contribution in [-0.2, 0) is 0 Å². The van der Waals surface area contributed by atoms with Gasteiger partial charge in [-0.1, -0.05) is 40.5 Å². The van der Waals surface area contributed by atoms with Gasteiger partial charge in [0.1, 0.15) is 0 Å². The standard InChI is InChI=1S/C17H37N3O/c1-13(2)7-6-8-15(5)20-17(18)19-12-16(9-10-21)11-14(3)4/h13-16,21H,6-12H2,1-5H3,(H3,18,19,20). The third-order valence-electron chi connectivity index (χ3n) is 3.67. The van der Waals surface area contributed by atoms with Crippen molar-refractivity contribution < 1.29 is 5.11 Å². The van der Waals surface area contributed by atoms with Gasteiger partial charge in [-0.05, 0) is 43.9 Å². The molecule has 0 aliphatic carbocycles. The van der Waals surface area contributed by atoms with Crippen LogP contribution in [0.4, 0.5) is 0 Å². The molecule has 0 rings (SSSR count). The predicted octanol–water partition coefficient (Wildman–Crippen LogP) is 3.15. The van der Waals surface area contributed by atoms with Gasteiger partial charge in [-0.2, -0.15) is 0 Å². The monoisotopic (exact) mass is 299 g/mol. The fourth-order valence-electron chi connectivity index (χ4n) is 2.56. The molecule has 0 aromatic carbocycles. The summed E-state index contributed by atoms with van der Waals surface area (Å²) >= 11 is 0. The van der Waals surface area contributed by atoms with Crippen molar-refractivity contribution in [3.05, 3.63) is 0 Å². The molecule has 0 saturated carbocycles. The highest BCUT2D eigenvalue weighted by molar-refractivity contribution is 5.78. The van der Waals surface area contributed by atoms with Crippen LogP contribution in [0.5, 0.6) is 0 Å². The largest absolute Gasteiger partial charge is 0.396 e. The minimum atomic E-state index is 0.228. The number of aliphatic hydroxyl groups excluding tert-OH is 1. The van der Waals surface area contributed by atoms with Crippen molar-refractivity contribution >= 4 is 5.96 Å². The van der Waals surface area contributed by atoms with Gasteiger partial charge in [-0.15, -0.1) is 0 Å². The Bertz CT molecular complexity index is 277. The van der Waals surface area contributed by atoms with E-state index >= 15 is 0 Å². The van der Waals surface area contributed by atoms with E-state index in [1.165, 1.54) is 12.8 Å². The highest BCUT2D eigenvalue weighted by Gasteiger charge is 2.10. The normalized spacial score (nSPS) is 15.5. The molecule has 0 aliphatic rings. The van der Waals surface area contributed by atoms with Gasteiger partial charge in [0.15, 0.2) is 5.96 Å². The summed E-state index contributed by atoms with van der Waals surface area (Å²) in [6, 6.07) is 0.369. The Morgan fingerprint density at radius 2 is 1.71 bits per heavy atom. The molecule has 2 atom stereocenters. The molecular formula is C17H37N3O. The van der Waals surface area contributed by atoms with E-state index in [0.717, 1.165) is 25.2 Å². The second-order valence-corrected chi connectivity index (χ2v) is 7.10. The molecule has 21 heavy (non-hydrogen) atoms. The van der Waals surface area contributed by atoms with Crippen LogP contribution in [0.15, 0.2) is 4.99 Å². The molecule has 4 heteroatoms. The lowest BCUT2D eigenvalue weighted by Gasteiger charge is -2.18. The maximum atomic E-state index is 9.11. The lowest BCUT2D eigenvalue weighted by Crippen LogP contribution is -2.38. The maximum Gasteiger partial charge on any atom is 0.188 e. The van der Waals surface area contributed by atoms with Crippen LogP contribution < -0.4 is 11.1 Å². The second-order valence-electron chi connectivity index (χ2n) is 7.10. The Kier molecular flexibility index (Phi) is 11.4. The summed E-state index contributed by atoms with van der Waals surface area (Å²) in [5, 5.41) is 12.4. The number of nitrogens with two attached hydrogens (primary N) is 1. The fourth-order valence-corrected chi connectivity index (χ4v) is 2.56. The first-order valence-electron chi connectivity index (χ1n) is 8.52. The zero-order valence-electron chi connectivity index (χ0n) is 14.7. The summed E-state index contributed by atoms with van der Waals surface area (Å²) in [5.41, 5.74) is 5.96. The van der Waals surface area contributed by atoms with Crippen molar-refractivity contribution in [3.8, 4) is 0 Å². The zero-order chi connectivity index (χ0) is 16.3. The number of aliphatic imine (C=N–C) groups is 1. The van der Waals surface area contributed by atoms with Crippen molar-refractivity contribution in [3.63, 3.8) is 0 Å². The van der Waals surface area contributed by atoms with Crippen LogP contribution in [0.2, 0.25) is 0 Å². The van der Waals surface area contributed by atoms with E-state index in [1.807, 2.05) is 0 Å². The number of aliphatic hydroxyl groups is 1. The van der Waals surface area contributed by atoms with Crippen molar-refractivity contribution in [2.45, 2.75) is 72.8 Å². The minimum absolute atomic E-state index is 0.228. The van der Waals surface area contributed by atoms with Crippen LogP contribution in [0, 0.1) is 17.8 Å². The van der Waals surface area contributed by atoms with Gasteiger partial charge in [0.25, 0.3) is 0 Å². The van der Waals surface area contributed by atoms with Crippen LogP contribution in [-0.4, -0.2) is 30.3 Å². The van der Waals surface area contributed by atoms with E-state index in [0.29, 0.717) is 30.4 Å². The fraction of sp³-hybridized carbons (Fsp3) is 0.941. The van der Waals surface area contributed by atoms with E-state index in [2.05, 4.69) is 44.9 Å². The molecule has 0 saturated heterocycles. The summed E-state index contributed by atoms with van der Waals surface area (Å²) in [5.74, 6) is 2.35. The first-order chi connectivity index (χ1) is 9.85. The number of nitrogens with zero attached hydrogens (tertiary/aromatic N) is 1. The van der Waals surface area contributed by atoms with Gasteiger partial charge in [0.2, 0.25) is 0 Å². The first-order valence-corrected chi connectivity index (χ1v) is 8.52. The van der Waals surface area contributed by atoms with E-state index in [1.54, 1.807) is 0 Å². The summed E-state index contributed by atoms with van der Waals surface area (Å²) < 4.78 is 0. The van der Waals surface area contributed by atoms with Crippen molar-refractivity contribution in [2.24, 2.45) is 28.5 Å². The Balaban J connectivity index is 4.08. The van der Waals surface area contributed by atoms with Gasteiger partial charge in [-0.25, -0.2) is 0 Å². The SMILES string of the molecule is CC(C)CCCC(C)NC(N)=NCC(CCO)CC(C)C. The molecule has 4 N–H and O–H groups in total. The van der Waals surface area contributed by atoms with Crippen LogP contribution >= 0.6 is 0 Å². The molecule has 0 aromatic heterocycles. The summed E-state index contributed by atoms with van der Waals surface area (Å²) in [7, 11) is 0. The van der Waals surface area contributed by atoms with Gasteiger partial charge >= 0.3 is 0 Å². The van der Waals surface area contributed by atoms with Gasteiger partial charge in [0.05, 0.1) is 0 Å². The summed E-state index contributed by atoms with van der Waals surface area (Å²) in [4.78, 5) is 4.45. The molecular weight excluding hydrogens is 262 g/mol. The lowest BCUT2D eigenvalue weighted by molar-refractivity contribution is 0.245.